The topological polar surface area (TPSA) is 73.0 Å². The summed E-state index contributed by atoms with van der Waals surface area (Å²) in [5.41, 5.74) is 0.426. The number of aryl methyl sites for hydroxylation is 1. The van der Waals surface area contributed by atoms with Gasteiger partial charge in [-0.2, -0.15) is 5.10 Å². The zero-order valence-electron chi connectivity index (χ0n) is 18.5. The third-order valence-corrected chi connectivity index (χ3v) is 7.15. The summed E-state index contributed by atoms with van der Waals surface area (Å²) in [6.07, 6.45) is 5.74. The van der Waals surface area contributed by atoms with Crippen LogP contribution in [0, 0.1) is 17.7 Å². The minimum atomic E-state index is -0.442. The first kappa shape index (κ1) is 22.5. The van der Waals surface area contributed by atoms with Crippen molar-refractivity contribution >= 4 is 28.5 Å². The Hall–Kier alpha value is -2.74. The van der Waals surface area contributed by atoms with Crippen LogP contribution in [0.15, 0.2) is 35.5 Å². The van der Waals surface area contributed by atoms with Gasteiger partial charge in [0.1, 0.15) is 24.1 Å². The molecule has 1 amide bonds. The van der Waals surface area contributed by atoms with Crippen molar-refractivity contribution in [2.24, 2.45) is 18.9 Å². The molecule has 0 radical (unpaired) electrons. The SMILES string of the molecule is C[C@@H]1[C@H](C)CCC[C@@H]1N(Cc1c(F)cccc1Cl)C(=O)Cn1cnc2c(cnn2C)c1=O. The van der Waals surface area contributed by atoms with Crippen LogP contribution in [-0.4, -0.2) is 36.2 Å². The van der Waals surface area contributed by atoms with E-state index in [1.807, 2.05) is 0 Å². The summed E-state index contributed by atoms with van der Waals surface area (Å²) < 4.78 is 17.4. The highest BCUT2D eigenvalue weighted by Gasteiger charge is 2.35. The Morgan fingerprint density at radius 2 is 2.09 bits per heavy atom. The average Bonchev–Trinajstić information content (AvgIpc) is 3.14. The second-order valence-corrected chi connectivity index (χ2v) is 9.15. The Bertz CT molecular complexity index is 1190. The fourth-order valence-corrected chi connectivity index (χ4v) is 4.88. The molecule has 0 saturated heterocycles. The molecule has 2 aromatic heterocycles. The molecule has 0 bridgehead atoms. The number of carbonyl (C=O) groups is 1. The Labute approximate surface area is 190 Å². The maximum Gasteiger partial charge on any atom is 0.264 e. The molecule has 9 heteroatoms. The van der Waals surface area contributed by atoms with Crippen LogP contribution in [0.3, 0.4) is 0 Å². The van der Waals surface area contributed by atoms with Gasteiger partial charge in [-0.3, -0.25) is 18.8 Å². The highest BCUT2D eigenvalue weighted by atomic mass is 35.5. The zero-order chi connectivity index (χ0) is 23.0. The lowest BCUT2D eigenvalue weighted by Gasteiger charge is -2.42. The Kier molecular flexibility index (Phi) is 6.33. The molecule has 3 atom stereocenters. The van der Waals surface area contributed by atoms with Crippen LogP contribution in [-0.2, 0) is 24.9 Å². The molecule has 2 heterocycles. The highest BCUT2D eigenvalue weighted by Crippen LogP contribution is 2.34. The molecule has 1 saturated carbocycles. The fourth-order valence-electron chi connectivity index (χ4n) is 4.65. The maximum atomic E-state index is 14.6. The molecule has 3 aromatic rings. The Balaban J connectivity index is 1.68. The van der Waals surface area contributed by atoms with E-state index in [0.29, 0.717) is 22.5 Å². The molecule has 1 fully saturated rings. The van der Waals surface area contributed by atoms with Gasteiger partial charge in [0.25, 0.3) is 5.56 Å². The molecule has 170 valence electrons. The standard InChI is InChI=1S/C23H27ClFN5O2/c1-14-6-4-9-20(15(14)2)30(11-17-18(24)7-5-8-19(17)25)21(31)12-29-13-26-22-16(23(29)32)10-27-28(22)3/h5,7-8,10,13-15,20H,4,6,9,11-12H2,1-3H3/t14-,15-,20+/m1/s1. The molecule has 32 heavy (non-hydrogen) atoms. The van der Waals surface area contributed by atoms with Crippen molar-refractivity contribution in [1.82, 2.24) is 24.2 Å². The van der Waals surface area contributed by atoms with Gasteiger partial charge >= 0.3 is 0 Å². The van der Waals surface area contributed by atoms with Crippen LogP contribution in [0.1, 0.15) is 38.7 Å². The summed E-state index contributed by atoms with van der Waals surface area (Å²) in [6, 6.07) is 4.46. The van der Waals surface area contributed by atoms with Gasteiger partial charge in [-0.15, -0.1) is 0 Å². The molecule has 4 rings (SSSR count). The zero-order valence-corrected chi connectivity index (χ0v) is 19.2. The van der Waals surface area contributed by atoms with Crippen molar-refractivity contribution in [3.05, 3.63) is 57.5 Å². The molecule has 1 aliphatic rings. The lowest BCUT2D eigenvalue weighted by Crippen LogP contribution is -2.48. The van der Waals surface area contributed by atoms with E-state index in [4.69, 9.17) is 11.6 Å². The highest BCUT2D eigenvalue weighted by molar-refractivity contribution is 6.31. The number of rotatable bonds is 5. The summed E-state index contributed by atoms with van der Waals surface area (Å²) >= 11 is 6.28. The van der Waals surface area contributed by atoms with Gasteiger partial charge in [-0.05, 0) is 30.4 Å². The Morgan fingerprint density at radius 3 is 2.84 bits per heavy atom. The lowest BCUT2D eigenvalue weighted by molar-refractivity contribution is -0.137. The van der Waals surface area contributed by atoms with Crippen molar-refractivity contribution in [2.75, 3.05) is 0 Å². The van der Waals surface area contributed by atoms with Crippen molar-refractivity contribution in [3.8, 4) is 0 Å². The maximum absolute atomic E-state index is 14.6. The van der Waals surface area contributed by atoms with E-state index in [1.54, 1.807) is 24.1 Å². The van der Waals surface area contributed by atoms with Gasteiger partial charge in [-0.25, -0.2) is 9.37 Å². The van der Waals surface area contributed by atoms with Gasteiger partial charge in [0.05, 0.1) is 12.7 Å². The fraction of sp³-hybridized carbons (Fsp3) is 0.478. The number of hydrogen-bond acceptors (Lipinski definition) is 4. The number of amides is 1. The number of nitrogens with zero attached hydrogens (tertiary/aromatic N) is 5. The molecule has 0 N–H and O–H groups in total. The summed E-state index contributed by atoms with van der Waals surface area (Å²) in [4.78, 5) is 32.4. The molecule has 0 aliphatic heterocycles. The van der Waals surface area contributed by atoms with Crippen LogP contribution < -0.4 is 5.56 Å². The first-order valence-corrected chi connectivity index (χ1v) is 11.2. The van der Waals surface area contributed by atoms with Gasteiger partial charge < -0.3 is 4.90 Å². The number of aromatic nitrogens is 4. The normalized spacial score (nSPS) is 21.1. The Morgan fingerprint density at radius 1 is 1.31 bits per heavy atom. The van der Waals surface area contributed by atoms with Crippen LogP contribution in [0.2, 0.25) is 5.02 Å². The monoisotopic (exact) mass is 459 g/mol. The van der Waals surface area contributed by atoms with Gasteiger partial charge in [0.2, 0.25) is 5.91 Å². The second-order valence-electron chi connectivity index (χ2n) is 8.74. The molecule has 1 aromatic carbocycles. The van der Waals surface area contributed by atoms with Crippen LogP contribution in [0.25, 0.3) is 11.0 Å². The smallest absolute Gasteiger partial charge is 0.264 e. The quantitative estimate of drug-likeness (QED) is 0.582. The van der Waals surface area contributed by atoms with Crippen molar-refractivity contribution in [1.29, 1.82) is 0 Å². The molecular formula is C23H27ClFN5O2. The number of benzene rings is 1. The average molecular weight is 460 g/mol. The molecular weight excluding hydrogens is 433 g/mol. The largest absolute Gasteiger partial charge is 0.333 e. The molecule has 1 aliphatic carbocycles. The number of fused-ring (bicyclic) bond motifs is 1. The summed E-state index contributed by atoms with van der Waals surface area (Å²) in [7, 11) is 1.70. The predicted octanol–water partition coefficient (Wildman–Crippen LogP) is 3.78. The molecule has 7 nitrogen and oxygen atoms in total. The first-order valence-electron chi connectivity index (χ1n) is 10.9. The third-order valence-electron chi connectivity index (χ3n) is 6.80. The minimum Gasteiger partial charge on any atom is -0.333 e. The van der Waals surface area contributed by atoms with E-state index in [1.165, 1.54) is 27.8 Å². The van der Waals surface area contributed by atoms with E-state index in [2.05, 4.69) is 23.9 Å². The number of carbonyl (C=O) groups excluding carboxylic acids is 1. The third kappa shape index (κ3) is 4.16. The van der Waals surface area contributed by atoms with Crippen LogP contribution in [0.5, 0.6) is 0 Å². The van der Waals surface area contributed by atoms with E-state index < -0.39 is 5.82 Å². The van der Waals surface area contributed by atoms with E-state index >= 15 is 0 Å². The van der Waals surface area contributed by atoms with Gasteiger partial charge in [0.15, 0.2) is 5.65 Å². The van der Waals surface area contributed by atoms with Crippen LogP contribution >= 0.6 is 11.6 Å². The second kappa shape index (κ2) is 9.02. The summed E-state index contributed by atoms with van der Waals surface area (Å²) in [5.74, 6) is -0.0185. The summed E-state index contributed by atoms with van der Waals surface area (Å²) in [5, 5.41) is 4.71. The summed E-state index contributed by atoms with van der Waals surface area (Å²) in [6.45, 7) is 4.19. The van der Waals surface area contributed by atoms with Crippen molar-refractivity contribution in [2.45, 2.75) is 52.2 Å². The minimum absolute atomic E-state index is 0.0589. The van der Waals surface area contributed by atoms with E-state index in [0.717, 1.165) is 19.3 Å². The van der Waals surface area contributed by atoms with E-state index in [-0.39, 0.29) is 41.5 Å². The van der Waals surface area contributed by atoms with Gasteiger partial charge in [-0.1, -0.05) is 44.4 Å². The molecule has 0 unspecified atom stereocenters. The lowest BCUT2D eigenvalue weighted by atomic mass is 9.77. The van der Waals surface area contributed by atoms with Gasteiger partial charge in [0, 0.05) is 23.7 Å². The number of hydrogen-bond donors (Lipinski definition) is 0. The number of halogens is 2. The van der Waals surface area contributed by atoms with Crippen molar-refractivity contribution < 1.29 is 9.18 Å². The first-order chi connectivity index (χ1) is 15.3. The van der Waals surface area contributed by atoms with E-state index in [9.17, 15) is 14.0 Å². The predicted molar refractivity (Wildman–Crippen MR) is 121 cm³/mol. The molecule has 0 spiro atoms. The van der Waals surface area contributed by atoms with Crippen molar-refractivity contribution in [3.63, 3.8) is 0 Å². The van der Waals surface area contributed by atoms with Crippen LogP contribution in [0.4, 0.5) is 4.39 Å².